The van der Waals surface area contributed by atoms with Gasteiger partial charge in [0.1, 0.15) is 23.2 Å². The minimum absolute atomic E-state index is 0.00157. The van der Waals surface area contributed by atoms with E-state index in [1.807, 2.05) is 10.9 Å². The predicted molar refractivity (Wildman–Crippen MR) is 111 cm³/mol. The number of halogens is 2. The molecule has 0 unspecified atom stereocenters. The van der Waals surface area contributed by atoms with E-state index in [0.29, 0.717) is 42.0 Å². The highest BCUT2D eigenvalue weighted by molar-refractivity contribution is 5.85. The average Bonchev–Trinajstić information content (AvgIpc) is 3.38. The molecule has 0 spiro atoms. The van der Waals surface area contributed by atoms with E-state index < -0.39 is 11.6 Å². The van der Waals surface area contributed by atoms with Crippen LogP contribution >= 0.6 is 0 Å². The minimum atomic E-state index is -0.706. The van der Waals surface area contributed by atoms with Crippen molar-refractivity contribution >= 4 is 11.2 Å². The third kappa shape index (κ3) is 3.46. The van der Waals surface area contributed by atoms with E-state index in [4.69, 9.17) is 9.15 Å². The van der Waals surface area contributed by atoms with Gasteiger partial charge in [0, 0.05) is 42.8 Å². The minimum Gasteiger partial charge on any atom is -0.437 e. The second-order valence-corrected chi connectivity index (χ2v) is 8.51. The molecule has 2 aliphatic rings. The van der Waals surface area contributed by atoms with Gasteiger partial charge in [-0.1, -0.05) is 0 Å². The fourth-order valence-corrected chi connectivity index (χ4v) is 4.31. The van der Waals surface area contributed by atoms with Crippen molar-refractivity contribution in [3.63, 3.8) is 0 Å². The second-order valence-electron chi connectivity index (χ2n) is 8.51. The molecular weight excluding hydrogens is 416 g/mol. The molecule has 9 heteroatoms. The molecule has 1 saturated carbocycles. The van der Waals surface area contributed by atoms with Crippen molar-refractivity contribution in [3.8, 4) is 11.3 Å². The molecule has 164 valence electrons. The summed E-state index contributed by atoms with van der Waals surface area (Å²) in [7, 11) is 0. The molecular formula is C23H21F2N5O2. The van der Waals surface area contributed by atoms with E-state index in [2.05, 4.69) is 26.2 Å². The molecule has 2 fully saturated rings. The van der Waals surface area contributed by atoms with E-state index in [9.17, 15) is 8.78 Å². The molecule has 4 aromatic rings. The highest BCUT2D eigenvalue weighted by Gasteiger charge is 2.31. The molecule has 1 aliphatic heterocycles. The maximum Gasteiger partial charge on any atom is 0.202 e. The van der Waals surface area contributed by atoms with E-state index in [1.165, 1.54) is 25.0 Å². The largest absolute Gasteiger partial charge is 0.437 e. The number of nitrogens with zero attached hydrogens (tertiary/aromatic N) is 5. The summed E-state index contributed by atoms with van der Waals surface area (Å²) in [4.78, 5) is 13.7. The van der Waals surface area contributed by atoms with Crippen molar-refractivity contribution < 1.29 is 17.9 Å². The third-order valence-corrected chi connectivity index (χ3v) is 6.13. The average molecular weight is 437 g/mol. The van der Waals surface area contributed by atoms with Crippen LogP contribution in [-0.2, 0) is 4.74 Å². The molecule has 4 heterocycles. The number of rotatable bonds is 4. The van der Waals surface area contributed by atoms with Crippen molar-refractivity contribution in [2.75, 3.05) is 6.61 Å². The van der Waals surface area contributed by atoms with Gasteiger partial charge in [0.15, 0.2) is 11.5 Å². The Labute approximate surface area is 182 Å². The van der Waals surface area contributed by atoms with Gasteiger partial charge in [-0.05, 0) is 37.8 Å². The van der Waals surface area contributed by atoms with Gasteiger partial charge in [-0.15, -0.1) is 0 Å². The Hall–Kier alpha value is -3.20. The molecule has 0 N–H and O–H groups in total. The first-order chi connectivity index (χ1) is 15.5. The van der Waals surface area contributed by atoms with Gasteiger partial charge in [-0.25, -0.2) is 18.7 Å². The summed E-state index contributed by atoms with van der Waals surface area (Å²) in [6.07, 6.45) is 7.59. The highest BCUT2D eigenvalue weighted by Crippen LogP contribution is 2.40. The third-order valence-electron chi connectivity index (χ3n) is 6.13. The quantitative estimate of drug-likeness (QED) is 0.445. The van der Waals surface area contributed by atoms with Crippen LogP contribution in [0.5, 0.6) is 0 Å². The summed E-state index contributed by atoms with van der Waals surface area (Å²) in [5.41, 5.74) is 2.16. The van der Waals surface area contributed by atoms with Crippen molar-refractivity contribution in [2.24, 2.45) is 0 Å². The summed E-state index contributed by atoms with van der Waals surface area (Å²) >= 11 is 0. The Morgan fingerprint density at radius 2 is 1.97 bits per heavy atom. The number of benzene rings is 1. The van der Waals surface area contributed by atoms with Crippen LogP contribution in [0.3, 0.4) is 0 Å². The lowest BCUT2D eigenvalue weighted by Crippen LogP contribution is -2.20. The maximum atomic E-state index is 14.6. The van der Waals surface area contributed by atoms with Crippen LogP contribution in [0.15, 0.2) is 35.0 Å². The van der Waals surface area contributed by atoms with Crippen LogP contribution in [0.2, 0.25) is 0 Å². The number of aromatic nitrogens is 5. The lowest BCUT2D eigenvalue weighted by molar-refractivity contribution is 0.00396. The molecule has 1 aromatic carbocycles. The van der Waals surface area contributed by atoms with Gasteiger partial charge in [0.2, 0.25) is 5.65 Å². The van der Waals surface area contributed by atoms with Gasteiger partial charge in [0.05, 0.1) is 18.3 Å². The Balaban J connectivity index is 1.37. The number of oxazole rings is 1. The summed E-state index contributed by atoms with van der Waals surface area (Å²) in [6.45, 7) is 2.26. The first-order valence-electron chi connectivity index (χ1n) is 10.8. The first-order valence-corrected chi connectivity index (χ1v) is 10.8. The monoisotopic (exact) mass is 437 g/mol. The van der Waals surface area contributed by atoms with Crippen molar-refractivity contribution in [1.82, 2.24) is 24.7 Å². The molecule has 1 saturated heterocycles. The van der Waals surface area contributed by atoms with Crippen LogP contribution in [0.1, 0.15) is 61.0 Å². The fourth-order valence-electron chi connectivity index (χ4n) is 4.31. The fraction of sp³-hybridized carbons (Fsp3) is 0.391. The highest BCUT2D eigenvalue weighted by atomic mass is 19.1. The maximum absolute atomic E-state index is 14.6. The smallest absolute Gasteiger partial charge is 0.202 e. The van der Waals surface area contributed by atoms with Gasteiger partial charge >= 0.3 is 0 Å². The lowest BCUT2D eigenvalue weighted by Gasteiger charge is -2.28. The Morgan fingerprint density at radius 3 is 2.78 bits per heavy atom. The Kier molecular flexibility index (Phi) is 4.53. The number of aryl methyl sites for hydroxylation is 1. The van der Waals surface area contributed by atoms with Gasteiger partial charge in [0.25, 0.3) is 0 Å². The normalized spacial score (nSPS) is 21.3. The molecule has 1 aliphatic carbocycles. The van der Waals surface area contributed by atoms with Crippen molar-refractivity contribution in [2.45, 2.75) is 50.7 Å². The van der Waals surface area contributed by atoms with Gasteiger partial charge in [-0.3, -0.25) is 4.68 Å². The number of fused-ring (bicyclic) bond motifs is 1. The van der Waals surface area contributed by atoms with Crippen LogP contribution in [0.4, 0.5) is 8.78 Å². The van der Waals surface area contributed by atoms with Crippen LogP contribution in [0, 0.1) is 18.6 Å². The van der Waals surface area contributed by atoms with Crippen LogP contribution in [-0.4, -0.2) is 31.3 Å². The molecule has 32 heavy (non-hydrogen) atoms. The predicted octanol–water partition coefficient (Wildman–Crippen LogP) is 5.04. The van der Waals surface area contributed by atoms with Crippen molar-refractivity contribution in [3.05, 3.63) is 59.5 Å². The molecule has 0 bridgehead atoms. The second kappa shape index (κ2) is 7.44. The summed E-state index contributed by atoms with van der Waals surface area (Å²) in [6, 6.07) is 3.93. The molecule has 7 nitrogen and oxygen atoms in total. The standard InChI is InChI=1S/C23H21F2N5O2/c1-12-27-23-21(32-12)20(17-5-2-15(24)9-18(17)25)28-22(29-23)13-6-7-31-19(8-13)14-10-26-30(11-14)16-3-4-16/h2,5,9-11,13,16,19H,3-4,6-8H2,1H3/t13-,19+/m1/s1. The van der Waals surface area contributed by atoms with E-state index in [1.54, 1.807) is 6.92 Å². The van der Waals surface area contributed by atoms with Crippen LogP contribution in [0.25, 0.3) is 22.5 Å². The zero-order chi connectivity index (χ0) is 21.8. The van der Waals surface area contributed by atoms with E-state index in [0.717, 1.165) is 18.1 Å². The van der Waals surface area contributed by atoms with Crippen molar-refractivity contribution in [1.29, 1.82) is 0 Å². The van der Waals surface area contributed by atoms with E-state index >= 15 is 0 Å². The molecule has 6 rings (SSSR count). The van der Waals surface area contributed by atoms with Crippen LogP contribution < -0.4 is 0 Å². The van der Waals surface area contributed by atoms with E-state index in [-0.39, 0.29) is 23.3 Å². The first kappa shape index (κ1) is 19.5. The lowest BCUT2D eigenvalue weighted by atomic mass is 9.92. The SMILES string of the molecule is Cc1nc2nc([C@@H]3CCO[C@H](c4cnn(C5CC5)c4)C3)nc(-c3ccc(F)cc3F)c2o1. The molecule has 0 amide bonds. The molecule has 3 aromatic heterocycles. The number of ether oxygens (including phenoxy) is 1. The Bertz CT molecular complexity index is 1310. The summed E-state index contributed by atoms with van der Waals surface area (Å²) in [5, 5.41) is 4.48. The summed E-state index contributed by atoms with van der Waals surface area (Å²) in [5.74, 6) is -0.381. The van der Waals surface area contributed by atoms with Gasteiger partial charge in [-0.2, -0.15) is 10.1 Å². The number of hydrogen-bond acceptors (Lipinski definition) is 6. The molecule has 0 radical (unpaired) electrons. The zero-order valence-electron chi connectivity index (χ0n) is 17.5. The topological polar surface area (TPSA) is 78.9 Å². The zero-order valence-corrected chi connectivity index (χ0v) is 17.5. The van der Waals surface area contributed by atoms with Gasteiger partial charge < -0.3 is 9.15 Å². The summed E-state index contributed by atoms with van der Waals surface area (Å²) < 4.78 is 41.8. The number of hydrogen-bond donors (Lipinski definition) is 0. The Morgan fingerprint density at radius 1 is 1.09 bits per heavy atom. The molecule has 2 atom stereocenters.